The maximum Gasteiger partial charge on any atom is 0.150 e. The molecule has 0 aromatic heterocycles. The van der Waals surface area contributed by atoms with E-state index in [1.807, 2.05) is 0 Å². The molecule has 2 unspecified atom stereocenters. The van der Waals surface area contributed by atoms with Gasteiger partial charge in [0.15, 0.2) is 0 Å². The van der Waals surface area contributed by atoms with E-state index in [0.29, 0.717) is 24.2 Å². The molecule has 1 aliphatic carbocycles. The standard InChI is InChI=1S/C15H21FO4S/c1-10(17)14-7-6-11(16)8-15(14)20-12-4-3-5-13(9-12)21(2,18)19/h6-8,10,12-13,17H,3-5,9H2,1-2H3/t10-,12?,13?/m0/s1. The second-order valence-corrected chi connectivity index (χ2v) is 8.04. The lowest BCUT2D eigenvalue weighted by atomic mass is 9.97. The van der Waals surface area contributed by atoms with Crippen molar-refractivity contribution in [2.45, 2.75) is 50.1 Å². The van der Waals surface area contributed by atoms with E-state index in [4.69, 9.17) is 4.74 Å². The van der Waals surface area contributed by atoms with Crippen LogP contribution in [-0.2, 0) is 9.84 Å². The molecule has 0 bridgehead atoms. The predicted octanol–water partition coefficient (Wildman–Crippen LogP) is 2.61. The summed E-state index contributed by atoms with van der Waals surface area (Å²) in [6, 6.07) is 4.01. The third kappa shape index (κ3) is 4.17. The van der Waals surface area contributed by atoms with Crippen LogP contribution in [0.25, 0.3) is 0 Å². The molecule has 0 radical (unpaired) electrons. The highest BCUT2D eigenvalue weighted by Gasteiger charge is 2.30. The molecule has 1 saturated carbocycles. The van der Waals surface area contributed by atoms with Gasteiger partial charge in [0, 0.05) is 24.3 Å². The van der Waals surface area contributed by atoms with E-state index in [9.17, 15) is 17.9 Å². The Morgan fingerprint density at radius 1 is 1.38 bits per heavy atom. The Morgan fingerprint density at radius 3 is 2.71 bits per heavy atom. The van der Waals surface area contributed by atoms with Crippen LogP contribution in [0.15, 0.2) is 18.2 Å². The van der Waals surface area contributed by atoms with Gasteiger partial charge in [0.05, 0.1) is 17.5 Å². The normalized spacial score (nSPS) is 24.6. The van der Waals surface area contributed by atoms with Crippen LogP contribution in [0, 0.1) is 5.82 Å². The number of aliphatic hydroxyl groups excluding tert-OH is 1. The number of rotatable bonds is 4. The summed E-state index contributed by atoms with van der Waals surface area (Å²) in [5, 5.41) is 9.30. The predicted molar refractivity (Wildman–Crippen MR) is 78.5 cm³/mol. The van der Waals surface area contributed by atoms with Crippen LogP contribution in [0.1, 0.15) is 44.3 Å². The first kappa shape index (κ1) is 16.2. The largest absolute Gasteiger partial charge is 0.490 e. The van der Waals surface area contributed by atoms with Crippen molar-refractivity contribution in [2.24, 2.45) is 0 Å². The summed E-state index contributed by atoms with van der Waals surface area (Å²) in [6.07, 6.45) is 2.76. The van der Waals surface area contributed by atoms with Crippen LogP contribution in [0.5, 0.6) is 5.75 Å². The fourth-order valence-electron chi connectivity index (χ4n) is 2.73. The first-order chi connectivity index (χ1) is 9.77. The monoisotopic (exact) mass is 316 g/mol. The molecule has 1 aromatic carbocycles. The summed E-state index contributed by atoms with van der Waals surface area (Å²) in [4.78, 5) is 0. The highest BCUT2D eigenvalue weighted by atomic mass is 32.2. The van der Waals surface area contributed by atoms with Crippen LogP contribution < -0.4 is 4.74 Å². The van der Waals surface area contributed by atoms with Crippen molar-refractivity contribution in [3.05, 3.63) is 29.6 Å². The van der Waals surface area contributed by atoms with Crippen molar-refractivity contribution in [1.82, 2.24) is 0 Å². The third-order valence-corrected chi connectivity index (χ3v) is 5.54. The zero-order chi connectivity index (χ0) is 15.6. The molecule has 3 atom stereocenters. The summed E-state index contributed by atoms with van der Waals surface area (Å²) in [5.41, 5.74) is 0.512. The van der Waals surface area contributed by atoms with E-state index in [0.717, 1.165) is 12.8 Å². The fourth-order valence-corrected chi connectivity index (χ4v) is 3.89. The Hall–Kier alpha value is -1.14. The number of ether oxygens (including phenoxy) is 1. The smallest absolute Gasteiger partial charge is 0.150 e. The number of halogens is 1. The molecular weight excluding hydrogens is 295 g/mol. The van der Waals surface area contributed by atoms with Crippen molar-refractivity contribution in [1.29, 1.82) is 0 Å². The van der Waals surface area contributed by atoms with Gasteiger partial charge in [-0.05, 0) is 38.3 Å². The van der Waals surface area contributed by atoms with Crippen LogP contribution in [0.3, 0.4) is 0 Å². The number of sulfone groups is 1. The van der Waals surface area contributed by atoms with Crippen molar-refractivity contribution in [2.75, 3.05) is 6.26 Å². The number of hydrogen-bond donors (Lipinski definition) is 1. The molecule has 0 saturated heterocycles. The molecule has 0 heterocycles. The molecular formula is C15H21FO4S. The summed E-state index contributed by atoms with van der Waals surface area (Å²) in [5.74, 6) is -0.144. The zero-order valence-corrected chi connectivity index (χ0v) is 13.1. The van der Waals surface area contributed by atoms with Gasteiger partial charge in [0.2, 0.25) is 0 Å². The Labute approximate surface area is 124 Å². The highest BCUT2D eigenvalue weighted by molar-refractivity contribution is 7.91. The van der Waals surface area contributed by atoms with Gasteiger partial charge in [0.25, 0.3) is 0 Å². The first-order valence-corrected chi connectivity index (χ1v) is 9.06. The Balaban J connectivity index is 2.16. The average Bonchev–Trinajstić information content (AvgIpc) is 2.37. The zero-order valence-electron chi connectivity index (χ0n) is 12.3. The van der Waals surface area contributed by atoms with Gasteiger partial charge >= 0.3 is 0 Å². The van der Waals surface area contributed by atoms with Crippen LogP contribution in [0.2, 0.25) is 0 Å². The second kappa shape index (κ2) is 6.32. The molecule has 0 aliphatic heterocycles. The molecule has 6 heteroatoms. The Morgan fingerprint density at radius 2 is 2.10 bits per heavy atom. The molecule has 1 N–H and O–H groups in total. The second-order valence-electron chi connectivity index (χ2n) is 5.72. The minimum absolute atomic E-state index is 0.266. The maximum atomic E-state index is 13.4. The molecule has 0 amide bonds. The van der Waals surface area contributed by atoms with E-state index in [1.54, 1.807) is 6.92 Å². The van der Waals surface area contributed by atoms with E-state index >= 15 is 0 Å². The van der Waals surface area contributed by atoms with Gasteiger partial charge < -0.3 is 9.84 Å². The van der Waals surface area contributed by atoms with Crippen molar-refractivity contribution in [3.63, 3.8) is 0 Å². The lowest BCUT2D eigenvalue weighted by molar-refractivity contribution is 0.142. The number of benzene rings is 1. The molecule has 21 heavy (non-hydrogen) atoms. The molecule has 4 nitrogen and oxygen atoms in total. The molecule has 1 fully saturated rings. The fraction of sp³-hybridized carbons (Fsp3) is 0.600. The third-order valence-electron chi connectivity index (χ3n) is 3.90. The lowest BCUT2D eigenvalue weighted by Crippen LogP contribution is -2.33. The van der Waals surface area contributed by atoms with E-state index in [1.165, 1.54) is 24.5 Å². The van der Waals surface area contributed by atoms with Gasteiger partial charge in [0.1, 0.15) is 21.4 Å². The maximum absolute atomic E-state index is 13.4. The summed E-state index contributed by atoms with van der Waals surface area (Å²) >= 11 is 0. The van der Waals surface area contributed by atoms with Crippen molar-refractivity contribution >= 4 is 9.84 Å². The minimum atomic E-state index is -3.09. The van der Waals surface area contributed by atoms with Gasteiger partial charge in [-0.2, -0.15) is 0 Å². The molecule has 1 aliphatic rings. The SMILES string of the molecule is C[C@H](O)c1ccc(F)cc1OC1CCCC(S(C)(=O)=O)C1. The van der Waals surface area contributed by atoms with E-state index < -0.39 is 27.0 Å². The topological polar surface area (TPSA) is 63.6 Å². The number of hydrogen-bond acceptors (Lipinski definition) is 4. The van der Waals surface area contributed by atoms with Gasteiger partial charge in [-0.3, -0.25) is 0 Å². The first-order valence-electron chi connectivity index (χ1n) is 7.10. The average molecular weight is 316 g/mol. The molecule has 2 rings (SSSR count). The summed E-state index contributed by atoms with van der Waals surface area (Å²) in [6.45, 7) is 1.58. The summed E-state index contributed by atoms with van der Waals surface area (Å²) < 4.78 is 42.5. The quantitative estimate of drug-likeness (QED) is 0.927. The van der Waals surface area contributed by atoms with Gasteiger partial charge in [-0.25, -0.2) is 12.8 Å². The lowest BCUT2D eigenvalue weighted by Gasteiger charge is -2.29. The Kier molecular flexibility index (Phi) is 4.88. The highest BCUT2D eigenvalue weighted by Crippen LogP contribution is 2.31. The molecule has 118 valence electrons. The van der Waals surface area contributed by atoms with Gasteiger partial charge in [-0.1, -0.05) is 0 Å². The Bertz CT molecular complexity index is 598. The van der Waals surface area contributed by atoms with E-state index in [-0.39, 0.29) is 6.10 Å². The minimum Gasteiger partial charge on any atom is -0.490 e. The van der Waals surface area contributed by atoms with Crippen LogP contribution in [0.4, 0.5) is 4.39 Å². The van der Waals surface area contributed by atoms with Crippen molar-refractivity contribution < 1.29 is 22.7 Å². The summed E-state index contributed by atoms with van der Waals surface area (Å²) in [7, 11) is -3.09. The van der Waals surface area contributed by atoms with E-state index in [2.05, 4.69) is 0 Å². The van der Waals surface area contributed by atoms with Crippen LogP contribution in [-0.4, -0.2) is 31.1 Å². The van der Waals surface area contributed by atoms with Crippen molar-refractivity contribution in [3.8, 4) is 5.75 Å². The molecule has 0 spiro atoms. The van der Waals surface area contributed by atoms with Crippen LogP contribution >= 0.6 is 0 Å². The van der Waals surface area contributed by atoms with Gasteiger partial charge in [-0.15, -0.1) is 0 Å². The number of aliphatic hydroxyl groups is 1. The molecule has 1 aromatic rings.